The van der Waals surface area contributed by atoms with Crippen LogP contribution in [0.5, 0.6) is 5.75 Å². The van der Waals surface area contributed by atoms with Gasteiger partial charge in [-0.1, -0.05) is 18.6 Å². The predicted octanol–water partition coefficient (Wildman–Crippen LogP) is 1.78. The molecule has 8 nitrogen and oxygen atoms in total. The number of ether oxygens (including phenoxy) is 2. The predicted molar refractivity (Wildman–Crippen MR) is 103 cm³/mol. The lowest BCUT2D eigenvalue weighted by atomic mass is 9.70. The van der Waals surface area contributed by atoms with Crippen LogP contribution in [0.2, 0.25) is 0 Å². The summed E-state index contributed by atoms with van der Waals surface area (Å²) in [5.74, 6) is 0.449. The lowest BCUT2D eigenvalue weighted by Gasteiger charge is -2.38. The Morgan fingerprint density at radius 2 is 1.96 bits per heavy atom. The number of rotatable bonds is 8. The van der Waals surface area contributed by atoms with Crippen molar-refractivity contribution in [2.45, 2.75) is 25.3 Å². The van der Waals surface area contributed by atoms with E-state index in [2.05, 4.69) is 9.71 Å². The normalized spacial score (nSPS) is 16.8. The van der Waals surface area contributed by atoms with Crippen molar-refractivity contribution in [1.29, 1.82) is 0 Å². The molecule has 9 heteroatoms. The van der Waals surface area contributed by atoms with E-state index in [1.807, 2.05) is 0 Å². The molecule has 1 aliphatic carbocycles. The Kier molecular flexibility index (Phi) is 5.76. The first-order chi connectivity index (χ1) is 13.3. The smallest absolute Gasteiger partial charge is 0.312 e. The highest BCUT2D eigenvalue weighted by atomic mass is 32.2. The van der Waals surface area contributed by atoms with Crippen LogP contribution in [0.3, 0.4) is 0 Å². The van der Waals surface area contributed by atoms with Crippen molar-refractivity contribution < 1.29 is 22.7 Å². The molecular weight excluding hydrogens is 382 g/mol. The Hall–Kier alpha value is -2.39. The van der Waals surface area contributed by atoms with E-state index < -0.39 is 27.4 Å². The van der Waals surface area contributed by atoms with Gasteiger partial charge < -0.3 is 14.0 Å². The molecule has 1 heterocycles. The molecule has 1 aliphatic rings. The highest BCUT2D eigenvalue weighted by molar-refractivity contribution is 7.89. The molecule has 3 rings (SSSR count). The summed E-state index contributed by atoms with van der Waals surface area (Å²) in [6.07, 6.45) is 5.20. The van der Waals surface area contributed by atoms with Crippen LogP contribution in [-0.2, 0) is 26.6 Å². The molecule has 0 bridgehead atoms. The van der Waals surface area contributed by atoms with Crippen molar-refractivity contribution in [2.75, 3.05) is 20.0 Å². The van der Waals surface area contributed by atoms with Gasteiger partial charge >= 0.3 is 5.97 Å². The fourth-order valence-electron chi connectivity index (χ4n) is 3.53. The van der Waals surface area contributed by atoms with E-state index in [9.17, 15) is 13.2 Å². The number of methoxy groups -OCH3 is 2. The van der Waals surface area contributed by atoms with Crippen molar-refractivity contribution in [2.24, 2.45) is 12.5 Å². The van der Waals surface area contributed by atoms with Gasteiger partial charge in [0.05, 0.1) is 25.4 Å². The summed E-state index contributed by atoms with van der Waals surface area (Å²) in [6.45, 7) is 0. The minimum Gasteiger partial charge on any atom is -0.497 e. The van der Waals surface area contributed by atoms with Crippen LogP contribution in [-0.4, -0.2) is 43.9 Å². The molecule has 1 N–H and O–H groups in total. The highest BCUT2D eigenvalue weighted by Crippen LogP contribution is 2.43. The molecule has 0 aliphatic heterocycles. The van der Waals surface area contributed by atoms with Crippen molar-refractivity contribution >= 4 is 16.0 Å². The topological polar surface area (TPSA) is 99.5 Å². The summed E-state index contributed by atoms with van der Waals surface area (Å²) in [5.41, 5.74) is -0.244. The zero-order valence-corrected chi connectivity index (χ0v) is 17.0. The number of nitrogens with one attached hydrogen (secondary N) is 1. The highest BCUT2D eigenvalue weighted by Gasteiger charge is 2.49. The third-order valence-corrected chi connectivity index (χ3v) is 6.79. The molecular formula is C19H25N3O5S. The Labute approximate surface area is 164 Å². The first-order valence-corrected chi connectivity index (χ1v) is 10.6. The molecule has 1 atom stereocenters. The standard InChI is InChI=1S/C19H25N3O5S/c1-22-12-11-20-17(22)16(14-5-7-15(26-2)8-6-14)21-28(24,25)13-19(9-4-10-19)18(23)27-3/h5-8,11-12,16,21H,4,9-10,13H2,1-3H3/t16-/m1/s1. The summed E-state index contributed by atoms with van der Waals surface area (Å²) >= 11 is 0. The second-order valence-electron chi connectivity index (χ2n) is 7.10. The number of hydrogen-bond acceptors (Lipinski definition) is 6. The Morgan fingerprint density at radius 3 is 2.43 bits per heavy atom. The fraction of sp³-hybridized carbons (Fsp3) is 0.474. The summed E-state index contributed by atoms with van der Waals surface area (Å²) in [6, 6.07) is 6.43. The first kappa shape index (κ1) is 20.3. The molecule has 2 aromatic rings. The molecule has 1 saturated carbocycles. The summed E-state index contributed by atoms with van der Waals surface area (Å²) < 4.78 is 40.5. The second kappa shape index (κ2) is 7.92. The van der Waals surface area contributed by atoms with Gasteiger partial charge in [0.15, 0.2) is 0 Å². The number of benzene rings is 1. The van der Waals surface area contributed by atoms with Crippen molar-refractivity contribution in [1.82, 2.24) is 14.3 Å². The molecule has 28 heavy (non-hydrogen) atoms. The largest absolute Gasteiger partial charge is 0.497 e. The first-order valence-electron chi connectivity index (χ1n) is 9.00. The minimum atomic E-state index is -3.80. The average molecular weight is 407 g/mol. The maximum atomic E-state index is 13.0. The average Bonchev–Trinajstić information content (AvgIpc) is 3.08. The number of carbonyl (C=O) groups excluding carboxylic acids is 1. The number of sulfonamides is 1. The summed E-state index contributed by atoms with van der Waals surface area (Å²) in [4.78, 5) is 16.5. The third-order valence-electron chi connectivity index (χ3n) is 5.26. The van der Waals surface area contributed by atoms with Gasteiger partial charge in [-0.3, -0.25) is 4.79 Å². The minimum absolute atomic E-state index is 0.302. The van der Waals surface area contributed by atoms with E-state index in [1.54, 1.807) is 55.4 Å². The Bertz CT molecular complexity index is 933. The molecule has 1 fully saturated rings. The van der Waals surface area contributed by atoms with Crippen LogP contribution in [0.15, 0.2) is 36.7 Å². The summed E-state index contributed by atoms with van der Waals surface area (Å²) in [5, 5.41) is 0. The van der Waals surface area contributed by atoms with Crippen LogP contribution in [0.4, 0.5) is 0 Å². The van der Waals surface area contributed by atoms with E-state index in [-0.39, 0.29) is 5.75 Å². The van der Waals surface area contributed by atoms with Crippen molar-refractivity contribution in [3.05, 3.63) is 48.0 Å². The quantitative estimate of drug-likeness (QED) is 0.670. The van der Waals surface area contributed by atoms with Gasteiger partial charge in [-0.2, -0.15) is 0 Å². The number of imidazole rings is 1. The van der Waals surface area contributed by atoms with Crippen LogP contribution in [0.25, 0.3) is 0 Å². The van der Waals surface area contributed by atoms with E-state index in [4.69, 9.17) is 9.47 Å². The van der Waals surface area contributed by atoms with Gasteiger partial charge in [-0.15, -0.1) is 0 Å². The third kappa shape index (κ3) is 4.05. The SMILES string of the molecule is COC(=O)C1(CS(=O)(=O)N[C@H](c2ccc(OC)cc2)c2nccn2C)CCC1. The maximum Gasteiger partial charge on any atom is 0.312 e. The van der Waals surface area contributed by atoms with E-state index in [0.29, 0.717) is 24.4 Å². The monoisotopic (exact) mass is 407 g/mol. The maximum absolute atomic E-state index is 13.0. The van der Waals surface area contributed by atoms with Gasteiger partial charge in [0.1, 0.15) is 17.6 Å². The van der Waals surface area contributed by atoms with Crippen LogP contribution >= 0.6 is 0 Å². The molecule has 152 valence electrons. The zero-order valence-electron chi connectivity index (χ0n) is 16.2. The van der Waals surface area contributed by atoms with Gasteiger partial charge in [-0.05, 0) is 30.5 Å². The van der Waals surface area contributed by atoms with Gasteiger partial charge in [0.2, 0.25) is 10.0 Å². The van der Waals surface area contributed by atoms with Crippen LogP contribution in [0, 0.1) is 5.41 Å². The molecule has 1 aromatic carbocycles. The Morgan fingerprint density at radius 1 is 1.29 bits per heavy atom. The second-order valence-corrected chi connectivity index (χ2v) is 8.86. The van der Waals surface area contributed by atoms with E-state index in [0.717, 1.165) is 12.0 Å². The summed E-state index contributed by atoms with van der Waals surface area (Å²) in [7, 11) is 0.861. The molecule has 0 radical (unpaired) electrons. The molecule has 0 amide bonds. The van der Waals surface area contributed by atoms with Gasteiger partial charge in [0, 0.05) is 19.4 Å². The van der Waals surface area contributed by atoms with E-state index in [1.165, 1.54) is 7.11 Å². The van der Waals surface area contributed by atoms with Crippen LogP contribution < -0.4 is 9.46 Å². The number of hydrogen-bond donors (Lipinski definition) is 1. The lowest BCUT2D eigenvalue weighted by Crippen LogP contribution is -2.48. The molecule has 1 aromatic heterocycles. The molecule has 0 spiro atoms. The zero-order chi connectivity index (χ0) is 20.4. The Balaban J connectivity index is 1.90. The van der Waals surface area contributed by atoms with Gasteiger partial charge in [0.25, 0.3) is 0 Å². The number of nitrogens with zero attached hydrogens (tertiary/aromatic N) is 2. The van der Waals surface area contributed by atoms with Crippen molar-refractivity contribution in [3.8, 4) is 5.75 Å². The molecule has 0 saturated heterocycles. The fourth-order valence-corrected chi connectivity index (χ4v) is 5.35. The number of carbonyl (C=O) groups is 1. The number of esters is 1. The molecule has 0 unspecified atom stereocenters. The lowest BCUT2D eigenvalue weighted by molar-refractivity contribution is -0.156. The number of aryl methyl sites for hydroxylation is 1. The van der Waals surface area contributed by atoms with E-state index >= 15 is 0 Å². The van der Waals surface area contributed by atoms with Crippen LogP contribution in [0.1, 0.15) is 36.7 Å². The van der Waals surface area contributed by atoms with Gasteiger partial charge in [-0.25, -0.2) is 18.1 Å². The van der Waals surface area contributed by atoms with Crippen molar-refractivity contribution in [3.63, 3.8) is 0 Å². The number of aromatic nitrogens is 2.